The second-order valence-electron chi connectivity index (χ2n) is 12.1. The quantitative estimate of drug-likeness (QED) is 0.181. The highest BCUT2D eigenvalue weighted by Gasteiger charge is 2.21. The summed E-state index contributed by atoms with van der Waals surface area (Å²) in [6.07, 6.45) is 2.06. The van der Waals surface area contributed by atoms with Gasteiger partial charge in [0.15, 0.2) is 0 Å². The standard InChI is InChI=1S/C43H26N3OS/c1-2-9-27(10-3-1)28-17-19-29(20-18-28)43-44-38(35-15-8-14-34-33-13-6-7-16-41(33)48-42(34)35)26-46(45-43)32-21-22-39-37(25-32)36-23-30-11-4-5-12-31(30)24-40(36)47-39/h1-26H/q+1. The normalized spacial score (nSPS) is 11.8. The topological polar surface area (TPSA) is 42.8 Å². The molecule has 3 aromatic heterocycles. The van der Waals surface area contributed by atoms with Crippen LogP contribution in [-0.4, -0.2) is 10.1 Å². The zero-order valence-electron chi connectivity index (χ0n) is 25.7. The zero-order chi connectivity index (χ0) is 31.6. The summed E-state index contributed by atoms with van der Waals surface area (Å²) in [4.78, 5) is 5.21. The third-order valence-electron chi connectivity index (χ3n) is 9.19. The first-order chi connectivity index (χ1) is 23.7. The molecule has 0 atom stereocenters. The summed E-state index contributed by atoms with van der Waals surface area (Å²) in [6.45, 7) is 0. The van der Waals surface area contributed by atoms with Gasteiger partial charge in [0, 0.05) is 59.3 Å². The van der Waals surface area contributed by atoms with E-state index in [4.69, 9.17) is 14.5 Å². The first kappa shape index (κ1) is 27.0. The first-order valence-corrected chi connectivity index (χ1v) is 16.8. The number of nitrogens with zero attached hydrogens (tertiary/aromatic N) is 3. The molecule has 0 radical (unpaired) electrons. The Labute approximate surface area is 279 Å². The van der Waals surface area contributed by atoms with Crippen LogP contribution in [0.4, 0.5) is 0 Å². The number of furan rings is 1. The van der Waals surface area contributed by atoms with Crippen molar-refractivity contribution in [3.05, 3.63) is 158 Å². The second-order valence-corrected chi connectivity index (χ2v) is 13.1. The fourth-order valence-electron chi connectivity index (χ4n) is 6.78. The van der Waals surface area contributed by atoms with Crippen LogP contribution in [0.1, 0.15) is 0 Å². The van der Waals surface area contributed by atoms with Crippen molar-refractivity contribution in [1.29, 1.82) is 0 Å². The van der Waals surface area contributed by atoms with Crippen LogP contribution in [0.25, 0.3) is 92.3 Å². The Bertz CT molecular complexity index is 2830. The lowest BCUT2D eigenvalue weighted by atomic mass is 10.0. The predicted molar refractivity (Wildman–Crippen MR) is 198 cm³/mol. The Morgan fingerprint density at radius 1 is 0.521 bits per heavy atom. The average molecular weight is 633 g/mol. The van der Waals surface area contributed by atoms with Crippen molar-refractivity contribution in [2.24, 2.45) is 0 Å². The summed E-state index contributed by atoms with van der Waals surface area (Å²) in [5.41, 5.74) is 7.92. The zero-order valence-corrected chi connectivity index (χ0v) is 26.5. The minimum Gasteiger partial charge on any atom is -0.456 e. The minimum absolute atomic E-state index is 0.661. The Balaban J connectivity index is 1.18. The molecule has 4 nitrogen and oxygen atoms in total. The summed E-state index contributed by atoms with van der Waals surface area (Å²) in [7, 11) is 0. The molecule has 7 aromatic carbocycles. The smallest absolute Gasteiger partial charge is 0.239 e. The van der Waals surface area contributed by atoms with E-state index in [0.29, 0.717) is 5.82 Å². The van der Waals surface area contributed by atoms with Crippen molar-refractivity contribution in [2.75, 3.05) is 0 Å². The van der Waals surface area contributed by atoms with Gasteiger partial charge in [0.1, 0.15) is 16.9 Å². The number of hydrogen-bond donors (Lipinski definition) is 0. The molecule has 0 aliphatic heterocycles. The van der Waals surface area contributed by atoms with Crippen molar-refractivity contribution in [3.63, 3.8) is 0 Å². The average Bonchev–Trinajstić information content (AvgIpc) is 3.71. The van der Waals surface area contributed by atoms with Gasteiger partial charge in [-0.15, -0.1) is 11.3 Å². The monoisotopic (exact) mass is 632 g/mol. The molecule has 0 bridgehead atoms. The molecule has 0 N–H and O–H groups in total. The maximum absolute atomic E-state index is 6.32. The molecular formula is C43H26N3OS+. The van der Waals surface area contributed by atoms with Gasteiger partial charge in [0.05, 0.1) is 0 Å². The van der Waals surface area contributed by atoms with E-state index in [2.05, 4.69) is 146 Å². The summed E-state index contributed by atoms with van der Waals surface area (Å²) in [5, 5.41) is 12.1. The van der Waals surface area contributed by atoms with Gasteiger partial charge in [0.25, 0.3) is 0 Å². The molecule has 10 aromatic rings. The Morgan fingerprint density at radius 3 is 2.10 bits per heavy atom. The molecule has 10 rings (SSSR count). The third kappa shape index (κ3) is 4.40. The fourth-order valence-corrected chi connectivity index (χ4v) is 8.01. The van der Waals surface area contributed by atoms with Crippen LogP contribution in [0.15, 0.2) is 162 Å². The summed E-state index contributed by atoms with van der Waals surface area (Å²) >= 11 is 1.81. The number of thiophene rings is 1. The number of rotatable bonds is 4. The van der Waals surface area contributed by atoms with Gasteiger partial charge in [-0.2, -0.15) is 0 Å². The third-order valence-corrected chi connectivity index (χ3v) is 10.4. The molecule has 5 heteroatoms. The highest BCUT2D eigenvalue weighted by Crippen LogP contribution is 2.39. The number of fused-ring (bicyclic) bond motifs is 7. The van der Waals surface area contributed by atoms with Crippen LogP contribution in [-0.2, 0) is 0 Å². The van der Waals surface area contributed by atoms with E-state index in [1.165, 1.54) is 31.1 Å². The van der Waals surface area contributed by atoms with E-state index >= 15 is 0 Å². The molecule has 3 heterocycles. The molecule has 48 heavy (non-hydrogen) atoms. The van der Waals surface area contributed by atoms with Crippen LogP contribution in [0.3, 0.4) is 0 Å². The van der Waals surface area contributed by atoms with Crippen molar-refractivity contribution < 1.29 is 9.10 Å². The minimum atomic E-state index is 0.661. The van der Waals surface area contributed by atoms with E-state index in [1.54, 1.807) is 0 Å². The Hall–Kier alpha value is -6.17. The lowest BCUT2D eigenvalue weighted by Gasteiger charge is -2.06. The van der Waals surface area contributed by atoms with Gasteiger partial charge in [-0.3, -0.25) is 0 Å². The molecule has 0 amide bonds. The first-order valence-electron chi connectivity index (χ1n) is 16.0. The molecule has 0 saturated carbocycles. The largest absolute Gasteiger partial charge is 0.456 e. The summed E-state index contributed by atoms with van der Waals surface area (Å²) in [6, 6.07) is 53.1. The summed E-state index contributed by atoms with van der Waals surface area (Å²) in [5.74, 6) is 0.661. The van der Waals surface area contributed by atoms with E-state index in [0.717, 1.165) is 55.4 Å². The van der Waals surface area contributed by atoms with Crippen molar-refractivity contribution in [2.45, 2.75) is 0 Å². The van der Waals surface area contributed by atoms with Crippen molar-refractivity contribution >= 4 is 64.2 Å². The summed E-state index contributed by atoms with van der Waals surface area (Å²) < 4.78 is 10.8. The van der Waals surface area contributed by atoms with Gasteiger partial charge in [-0.05, 0) is 50.8 Å². The van der Waals surface area contributed by atoms with Gasteiger partial charge in [-0.25, -0.2) is 4.98 Å². The maximum atomic E-state index is 6.32. The number of benzene rings is 7. The maximum Gasteiger partial charge on any atom is 0.239 e. The van der Waals surface area contributed by atoms with Gasteiger partial charge in [0.2, 0.25) is 17.7 Å². The predicted octanol–water partition coefficient (Wildman–Crippen LogP) is 11.2. The molecule has 224 valence electrons. The fraction of sp³-hybridized carbons (Fsp3) is 0. The van der Waals surface area contributed by atoms with Crippen molar-refractivity contribution in [1.82, 2.24) is 10.1 Å². The number of aromatic nitrogens is 3. The SMILES string of the molecule is c1ccc(-c2ccc(-c3nc(-c4cccc5c4sc4ccccc45)c[n+](-c4ccc5oc6cc7ccccc7cc6c5c4)n3)cc2)cc1. The number of hydrogen-bond acceptors (Lipinski definition) is 4. The highest BCUT2D eigenvalue weighted by atomic mass is 32.1. The Morgan fingerprint density at radius 2 is 1.23 bits per heavy atom. The van der Waals surface area contributed by atoms with E-state index in [9.17, 15) is 0 Å². The van der Waals surface area contributed by atoms with Crippen molar-refractivity contribution in [3.8, 4) is 39.5 Å². The van der Waals surface area contributed by atoms with Crippen LogP contribution < -0.4 is 4.68 Å². The van der Waals surface area contributed by atoms with Crippen LogP contribution in [0, 0.1) is 0 Å². The molecule has 0 saturated heterocycles. The second kappa shape index (κ2) is 10.7. The van der Waals surface area contributed by atoms with Gasteiger partial charge in [-0.1, -0.05) is 115 Å². The lowest BCUT2D eigenvalue weighted by Crippen LogP contribution is -2.36. The van der Waals surface area contributed by atoms with Gasteiger partial charge < -0.3 is 4.42 Å². The van der Waals surface area contributed by atoms with E-state index in [-0.39, 0.29) is 0 Å². The van der Waals surface area contributed by atoms with Crippen LogP contribution in [0.2, 0.25) is 0 Å². The molecule has 0 aliphatic rings. The molecule has 0 unspecified atom stereocenters. The van der Waals surface area contributed by atoms with E-state index in [1.807, 2.05) is 28.2 Å². The van der Waals surface area contributed by atoms with Gasteiger partial charge >= 0.3 is 0 Å². The molecule has 0 spiro atoms. The molecular weight excluding hydrogens is 607 g/mol. The Kier molecular flexibility index (Phi) is 6.01. The lowest BCUT2D eigenvalue weighted by molar-refractivity contribution is -0.658. The van der Waals surface area contributed by atoms with Crippen LogP contribution in [0.5, 0.6) is 0 Å². The molecule has 0 aliphatic carbocycles. The highest BCUT2D eigenvalue weighted by molar-refractivity contribution is 7.26. The molecule has 0 fully saturated rings. The van der Waals surface area contributed by atoms with Crippen LogP contribution >= 0.6 is 11.3 Å². The van der Waals surface area contributed by atoms with E-state index < -0.39 is 0 Å².